The summed E-state index contributed by atoms with van der Waals surface area (Å²) in [5.41, 5.74) is 10.9. The number of aromatic nitrogens is 2. The van der Waals surface area contributed by atoms with Crippen molar-refractivity contribution >= 4 is 21.5 Å². The minimum Gasteiger partial charge on any atom is -0.207 e. The van der Waals surface area contributed by atoms with Gasteiger partial charge in [-0.05, 0) is 76.9 Å². The number of halogens is 2. The average Bonchev–Trinajstić information content (AvgIpc) is 3.74. The van der Waals surface area contributed by atoms with E-state index in [0.717, 1.165) is 72.2 Å². The molecular weight excluding hydrogens is 655 g/mol. The Kier molecular flexibility index (Phi) is 6.64. The molecule has 10 rings (SSSR count). The maximum absolute atomic E-state index is 16.6. The lowest BCUT2D eigenvalue weighted by Gasteiger charge is -2.39. The minimum absolute atomic E-state index is 0.105. The zero-order chi connectivity index (χ0) is 37.0. The third-order valence-corrected chi connectivity index (χ3v) is 14.8. The molecule has 3 aliphatic carbocycles. The van der Waals surface area contributed by atoms with Crippen molar-refractivity contribution in [1.82, 2.24) is 0 Å². The van der Waals surface area contributed by atoms with Crippen LogP contribution in [0.15, 0.2) is 79.1 Å². The molecule has 2 aromatic heterocycles. The zero-order valence-electron chi connectivity index (χ0n) is 32.5. The fourth-order valence-corrected chi connectivity index (χ4v) is 12.5. The first-order chi connectivity index (χ1) is 25.4. The summed E-state index contributed by atoms with van der Waals surface area (Å²) in [6.07, 6.45) is 9.83. The van der Waals surface area contributed by atoms with Gasteiger partial charge in [-0.2, -0.15) is 9.13 Å². The first-order valence-electron chi connectivity index (χ1n) is 20.0. The van der Waals surface area contributed by atoms with Crippen LogP contribution in [0.5, 0.6) is 0 Å². The fourth-order valence-electron chi connectivity index (χ4n) is 12.5. The molecule has 4 aliphatic rings. The van der Waals surface area contributed by atoms with Crippen LogP contribution in [0.1, 0.15) is 113 Å². The highest BCUT2D eigenvalue weighted by molar-refractivity contribution is 6.03. The SMILES string of the molecule is CCCCc1cc2c3c4[n+](ccc3c1)C1(CC)C(C[n+]3ccc5cccc6c5c3-c3c(C)ccc(F)c3C6(C)C)C1(CC)c1ccc(F)c(c1-4)C2(C)C. The molecule has 1 fully saturated rings. The normalized spacial score (nSPS) is 23.2. The van der Waals surface area contributed by atoms with Gasteiger partial charge >= 0.3 is 0 Å². The van der Waals surface area contributed by atoms with Gasteiger partial charge in [-0.3, -0.25) is 0 Å². The van der Waals surface area contributed by atoms with Crippen LogP contribution in [0.2, 0.25) is 0 Å². The number of aryl methyl sites for hydroxylation is 2. The standard InChI is InChI=1S/C49H50F2N2/c1-9-12-14-29-25-31-22-24-53-45-40(31)34(26-29)47(7,8)43-36(51)20-18-33(41(43)45)48(10-2)37(49(48,53)11-3)27-52-23-21-30-15-13-16-32-39(30)44(52)38-28(4)17-19-35(50)42(38)46(32,5)6/h13,15-26,37H,9-12,14,27H2,1-8H3/q+2. The monoisotopic (exact) mass is 704 g/mol. The lowest BCUT2D eigenvalue weighted by molar-refractivity contribution is -0.747. The second-order valence-corrected chi connectivity index (χ2v) is 17.7. The largest absolute Gasteiger partial charge is 0.221 e. The quantitative estimate of drug-likeness (QED) is 0.146. The van der Waals surface area contributed by atoms with Gasteiger partial charge in [0.2, 0.25) is 11.4 Å². The molecule has 53 heavy (non-hydrogen) atoms. The lowest BCUT2D eigenvalue weighted by atomic mass is 9.65. The molecule has 0 spiro atoms. The fraction of sp³-hybridized carbons (Fsp3) is 0.388. The van der Waals surface area contributed by atoms with Gasteiger partial charge in [-0.15, -0.1) is 0 Å². The van der Waals surface area contributed by atoms with Crippen LogP contribution in [0.25, 0.3) is 44.1 Å². The Morgan fingerprint density at radius 1 is 0.679 bits per heavy atom. The van der Waals surface area contributed by atoms with Gasteiger partial charge in [0, 0.05) is 40.5 Å². The van der Waals surface area contributed by atoms with Crippen molar-refractivity contribution in [2.45, 2.75) is 116 Å². The second kappa shape index (κ2) is 10.6. The molecule has 1 saturated carbocycles. The summed E-state index contributed by atoms with van der Waals surface area (Å²) in [6, 6.07) is 23.4. The van der Waals surface area contributed by atoms with Crippen molar-refractivity contribution in [1.29, 1.82) is 0 Å². The van der Waals surface area contributed by atoms with Crippen molar-refractivity contribution < 1.29 is 17.9 Å². The highest BCUT2D eigenvalue weighted by atomic mass is 19.1. The van der Waals surface area contributed by atoms with Crippen molar-refractivity contribution in [3.8, 4) is 22.5 Å². The Balaban J connectivity index is 1.26. The molecule has 0 saturated heterocycles. The second-order valence-electron chi connectivity index (χ2n) is 17.7. The van der Waals surface area contributed by atoms with E-state index in [0.29, 0.717) is 0 Å². The molecule has 4 aromatic carbocycles. The van der Waals surface area contributed by atoms with E-state index >= 15 is 8.78 Å². The van der Waals surface area contributed by atoms with Gasteiger partial charge < -0.3 is 0 Å². The molecule has 0 amide bonds. The van der Waals surface area contributed by atoms with Crippen molar-refractivity contribution in [3.05, 3.63) is 130 Å². The highest BCUT2D eigenvalue weighted by Crippen LogP contribution is 2.73. The summed E-state index contributed by atoms with van der Waals surface area (Å²) in [6.45, 7) is 18.7. The maximum Gasteiger partial charge on any atom is 0.221 e. The van der Waals surface area contributed by atoms with Crippen molar-refractivity contribution in [3.63, 3.8) is 0 Å². The Hall–Kier alpha value is -4.44. The predicted molar refractivity (Wildman–Crippen MR) is 210 cm³/mol. The summed E-state index contributed by atoms with van der Waals surface area (Å²) in [7, 11) is 0. The summed E-state index contributed by atoms with van der Waals surface area (Å²) in [4.78, 5) is 0. The number of pyridine rings is 2. The smallest absolute Gasteiger partial charge is 0.207 e. The van der Waals surface area contributed by atoms with Crippen LogP contribution in [-0.4, -0.2) is 0 Å². The Morgan fingerprint density at radius 3 is 2.11 bits per heavy atom. The number of rotatable bonds is 7. The first-order valence-corrected chi connectivity index (χ1v) is 20.0. The van der Waals surface area contributed by atoms with Crippen LogP contribution in [0, 0.1) is 24.5 Å². The zero-order valence-corrected chi connectivity index (χ0v) is 32.5. The Bertz CT molecular complexity index is 2610. The Morgan fingerprint density at radius 2 is 1.38 bits per heavy atom. The van der Waals surface area contributed by atoms with Gasteiger partial charge in [-0.1, -0.05) is 97.4 Å². The molecule has 2 nitrogen and oxygen atoms in total. The molecule has 3 unspecified atom stereocenters. The maximum atomic E-state index is 16.6. The van der Waals surface area contributed by atoms with Gasteiger partial charge in [0.05, 0.1) is 27.3 Å². The van der Waals surface area contributed by atoms with Crippen LogP contribution in [-0.2, 0) is 34.7 Å². The van der Waals surface area contributed by atoms with E-state index < -0.39 is 10.8 Å². The van der Waals surface area contributed by atoms with E-state index in [2.05, 4.69) is 125 Å². The van der Waals surface area contributed by atoms with Gasteiger partial charge in [0.25, 0.3) is 0 Å². The first kappa shape index (κ1) is 33.2. The van der Waals surface area contributed by atoms with Gasteiger partial charge in [-0.25, -0.2) is 8.78 Å². The van der Waals surface area contributed by atoms with Crippen LogP contribution in [0.4, 0.5) is 8.78 Å². The molecule has 1 aliphatic heterocycles. The molecule has 6 aromatic rings. The van der Waals surface area contributed by atoms with E-state index in [9.17, 15) is 0 Å². The van der Waals surface area contributed by atoms with E-state index in [1.807, 2.05) is 6.07 Å². The summed E-state index contributed by atoms with van der Waals surface area (Å²) >= 11 is 0. The van der Waals surface area contributed by atoms with E-state index in [1.54, 1.807) is 12.1 Å². The summed E-state index contributed by atoms with van der Waals surface area (Å²) < 4.78 is 37.8. The predicted octanol–water partition coefficient (Wildman–Crippen LogP) is 11.2. The average molecular weight is 705 g/mol. The number of unbranched alkanes of at least 4 members (excludes halogenated alkanes) is 1. The molecule has 4 heteroatoms. The molecule has 0 bridgehead atoms. The number of hydrogen-bond acceptors (Lipinski definition) is 0. The van der Waals surface area contributed by atoms with Crippen molar-refractivity contribution in [2.24, 2.45) is 5.92 Å². The number of benzene rings is 4. The van der Waals surface area contributed by atoms with Gasteiger partial charge in [0.15, 0.2) is 24.5 Å². The molecular formula is C49H50F2N2+2. The molecule has 268 valence electrons. The number of fused-ring (bicyclic) bond motifs is 5. The molecule has 0 radical (unpaired) electrons. The third kappa shape index (κ3) is 3.74. The van der Waals surface area contributed by atoms with E-state index in [1.165, 1.54) is 49.5 Å². The summed E-state index contributed by atoms with van der Waals surface area (Å²) in [5.74, 6) is -0.0115. The molecule has 0 N–H and O–H groups in total. The topological polar surface area (TPSA) is 7.76 Å². The number of hydrogen-bond donors (Lipinski definition) is 0. The minimum atomic E-state index is -0.487. The van der Waals surface area contributed by atoms with Crippen LogP contribution >= 0.6 is 0 Å². The van der Waals surface area contributed by atoms with E-state index in [4.69, 9.17) is 0 Å². The van der Waals surface area contributed by atoms with Crippen LogP contribution < -0.4 is 9.13 Å². The highest BCUT2D eigenvalue weighted by Gasteiger charge is 2.86. The van der Waals surface area contributed by atoms with Crippen molar-refractivity contribution in [2.75, 3.05) is 0 Å². The number of nitrogens with zero attached hydrogens (tertiary/aromatic N) is 2. The molecule has 3 atom stereocenters. The Labute approximate surface area is 312 Å². The lowest BCUT2D eigenvalue weighted by Crippen LogP contribution is -2.56. The summed E-state index contributed by atoms with van der Waals surface area (Å²) in [5, 5.41) is 4.97. The van der Waals surface area contributed by atoms with Crippen LogP contribution in [0.3, 0.4) is 0 Å². The third-order valence-electron chi connectivity index (χ3n) is 14.8. The van der Waals surface area contributed by atoms with E-state index in [-0.39, 0.29) is 28.5 Å². The van der Waals surface area contributed by atoms with Gasteiger partial charge in [0.1, 0.15) is 17.6 Å². The molecule has 3 heterocycles.